The number of alkyl halides is 4. The SMILES string of the molecule is [C-]#[N+]CCOP(=NS(=O)(=O)CC(F)F)(OC[C@H]1O[C@@H](n2cnc3c(NC(=O)c4ccccc4)ncnc32)C[C@H]1OC(C)C)O[C@@H]1C[C@H](n2cnc3c(NC(=O)c4ccccc4)ncnc32)O[C@@H]1COC(C)C.[C-]#[N+]CCOP(OC[C@H]1O[C@@H](n2cnc3c(NC(=O)c4ccccc4)ncnc32)C[C@H]1OC(C)C)O[C@@H]1C[C@H](n2cnc3c(NC(=O)c4ccccc4)ncnc32)O[C@@H]1COC(C)C.[N-]=[N+]=NS(=O)(=O)CC(F)F. The first-order valence-electron chi connectivity index (χ1n) is 45.6. The summed E-state index contributed by atoms with van der Waals surface area (Å²) >= 11 is 0. The molecule has 8 aromatic heterocycles. The highest BCUT2D eigenvalue weighted by Gasteiger charge is 2.48. The zero-order valence-corrected chi connectivity index (χ0v) is 82.9. The summed E-state index contributed by atoms with van der Waals surface area (Å²) in [6.45, 7) is 28.8. The number of benzene rings is 4. The van der Waals surface area contributed by atoms with Crippen LogP contribution in [-0.4, -0.2) is 269 Å². The molecule has 0 saturated carbocycles. The number of nitrogens with zero attached hydrogens (tertiary/aromatic N) is 22. The van der Waals surface area contributed by atoms with Crippen molar-refractivity contribution in [1.29, 1.82) is 0 Å². The van der Waals surface area contributed by atoms with Crippen molar-refractivity contribution in [1.82, 2.24) is 78.1 Å². The molecule has 12 aromatic rings. The van der Waals surface area contributed by atoms with Crippen molar-refractivity contribution in [2.45, 2.75) is 192 Å². The van der Waals surface area contributed by atoms with Gasteiger partial charge in [-0.3, -0.25) is 51.0 Å². The van der Waals surface area contributed by atoms with Crippen LogP contribution in [0.4, 0.5) is 40.8 Å². The highest BCUT2D eigenvalue weighted by atomic mass is 32.2. The van der Waals surface area contributed by atoms with Gasteiger partial charge in [0.1, 0.15) is 105 Å². The van der Waals surface area contributed by atoms with Gasteiger partial charge in [-0.1, -0.05) is 72.8 Å². The van der Waals surface area contributed by atoms with Gasteiger partial charge in [-0.2, -0.15) is 0 Å². The molecule has 0 bridgehead atoms. The Morgan fingerprint density at radius 3 is 1.11 bits per heavy atom. The Bertz CT molecular complexity index is 6910. The third-order valence-electron chi connectivity index (χ3n) is 21.7. The summed E-state index contributed by atoms with van der Waals surface area (Å²) in [6, 6.07) is 34.7. The molecule has 2 unspecified atom stereocenters. The van der Waals surface area contributed by atoms with E-state index in [1.807, 2.05) is 44.7 Å². The number of hydrogen-bond acceptors (Lipinski definition) is 34. The van der Waals surface area contributed by atoms with Crippen LogP contribution in [0.25, 0.3) is 64.8 Å². The molecule has 16 rings (SSSR count). The lowest BCUT2D eigenvalue weighted by atomic mass is 10.2. The lowest BCUT2D eigenvalue weighted by Gasteiger charge is -2.29. The van der Waals surface area contributed by atoms with Crippen LogP contribution in [0.3, 0.4) is 0 Å². The van der Waals surface area contributed by atoms with Crippen LogP contribution >= 0.6 is 16.3 Å². The summed E-state index contributed by atoms with van der Waals surface area (Å²) in [7, 11) is -16.1. The maximum Gasteiger partial charge on any atom is 0.371 e. The summed E-state index contributed by atoms with van der Waals surface area (Å²) in [5.41, 5.74) is 12.1. The monoisotopic (exact) mass is 2100 g/mol. The summed E-state index contributed by atoms with van der Waals surface area (Å²) in [4.78, 5) is 114. The maximum atomic E-state index is 13.9. The number of azide groups is 1. The summed E-state index contributed by atoms with van der Waals surface area (Å²) in [5, 5.41) is 11.2. The molecule has 4 aliphatic rings. The predicted octanol–water partition coefficient (Wildman–Crippen LogP) is 14.3. The minimum Gasteiger partial charge on any atom is -0.376 e. The second-order valence-electron chi connectivity index (χ2n) is 33.7. The zero-order valence-electron chi connectivity index (χ0n) is 79.5. The fraction of sp³-hybridized carbons (Fsp3) is 0.444. The Labute approximate surface area is 834 Å². The smallest absolute Gasteiger partial charge is 0.371 e. The van der Waals surface area contributed by atoms with E-state index in [0.29, 0.717) is 63.1 Å². The number of carbonyl (C=O) groups excluding carboxylic acids is 4. The fourth-order valence-electron chi connectivity index (χ4n) is 15.4. The summed E-state index contributed by atoms with van der Waals surface area (Å²) in [5.74, 6) is -3.81. The average Bonchev–Trinajstić information content (AvgIpc) is 1.63. The lowest BCUT2D eigenvalue weighted by molar-refractivity contribution is -0.0807. The van der Waals surface area contributed by atoms with E-state index in [1.54, 1.807) is 168 Å². The molecule has 0 radical (unpaired) electrons. The Kier molecular flexibility index (Phi) is 37.9. The molecule has 14 atom stereocenters. The van der Waals surface area contributed by atoms with E-state index in [0.717, 1.165) is 0 Å². The fourth-order valence-corrected chi connectivity index (χ4v) is 20.7. The van der Waals surface area contributed by atoms with Gasteiger partial charge in [0.05, 0.1) is 94.5 Å². The number of fused-ring (bicyclic) bond motifs is 4. The molecule has 4 fully saturated rings. The minimum atomic E-state index is -5.06. The number of rotatable bonds is 44. The molecule has 12 heterocycles. The van der Waals surface area contributed by atoms with Gasteiger partial charge < -0.3 is 82.4 Å². The van der Waals surface area contributed by atoms with Gasteiger partial charge in [0.2, 0.25) is 23.1 Å². The summed E-state index contributed by atoms with van der Waals surface area (Å²) in [6.07, 6.45) is -3.86. The first kappa shape index (κ1) is 109. The number of nitrogens with one attached hydrogen (secondary N) is 4. The molecule has 4 aliphatic heterocycles. The van der Waals surface area contributed by atoms with Gasteiger partial charge >= 0.3 is 16.3 Å². The molecular formula is C90H102F4N26O22P2S2. The lowest BCUT2D eigenvalue weighted by Crippen LogP contribution is -2.33. The van der Waals surface area contributed by atoms with Gasteiger partial charge in [0.15, 0.2) is 67.9 Å². The molecule has 4 aromatic carbocycles. The molecule has 4 amide bonds. The van der Waals surface area contributed by atoms with E-state index in [2.05, 4.69) is 99.4 Å². The number of hydrogen-bond donors (Lipinski definition) is 4. The largest absolute Gasteiger partial charge is 0.376 e. The number of halogens is 4. The van der Waals surface area contributed by atoms with Gasteiger partial charge in [-0.15, -0.1) is 4.15 Å². The number of imidazole rings is 4. The highest BCUT2D eigenvalue weighted by Crippen LogP contribution is 2.58. The quantitative estimate of drug-likeness (QED) is 0.00524. The van der Waals surface area contributed by atoms with Crippen molar-refractivity contribution < 1.29 is 119 Å². The first-order chi connectivity index (χ1) is 70.2. The van der Waals surface area contributed by atoms with Crippen LogP contribution in [0.1, 0.15) is 147 Å². The third kappa shape index (κ3) is 29.0. The van der Waals surface area contributed by atoms with Crippen molar-refractivity contribution in [3.8, 4) is 0 Å². The zero-order chi connectivity index (χ0) is 104. The molecular weight excluding hydrogens is 2000 g/mol. The van der Waals surface area contributed by atoms with E-state index in [-0.39, 0.29) is 129 Å². The van der Waals surface area contributed by atoms with Crippen molar-refractivity contribution in [2.24, 2.45) is 8.67 Å². The molecule has 56 heteroatoms. The second kappa shape index (κ2) is 50.9. The highest BCUT2D eigenvalue weighted by molar-refractivity contribution is 7.93. The molecule has 4 saturated heterocycles. The average molecular weight is 2100 g/mol. The number of carbonyl (C=O) groups is 4. The molecule has 0 spiro atoms. The van der Waals surface area contributed by atoms with E-state index < -0.39 is 160 Å². The molecule has 48 nitrogen and oxygen atoms in total. The maximum absolute atomic E-state index is 13.9. The Balaban J connectivity index is 0.000000212. The van der Waals surface area contributed by atoms with E-state index in [9.17, 15) is 53.6 Å². The van der Waals surface area contributed by atoms with Crippen LogP contribution in [0, 0.1) is 13.1 Å². The number of amides is 4. The van der Waals surface area contributed by atoms with E-state index >= 15 is 0 Å². The minimum absolute atomic E-state index is 0.0301. The topological polar surface area (TPSA) is 558 Å². The number of ether oxygens (including phenoxy) is 8. The molecule has 0 aliphatic carbocycles. The van der Waals surface area contributed by atoms with Crippen LogP contribution in [0.15, 0.2) is 181 Å². The van der Waals surface area contributed by atoms with Crippen molar-refractivity contribution in [3.63, 3.8) is 0 Å². The first-order valence-corrected chi connectivity index (χ1v) is 51.4. The van der Waals surface area contributed by atoms with Crippen LogP contribution < -0.4 is 21.3 Å². The van der Waals surface area contributed by atoms with E-state index in [4.69, 9.17) is 83.7 Å². The van der Waals surface area contributed by atoms with Crippen molar-refractivity contribution in [2.75, 3.05) is 85.5 Å². The summed E-state index contributed by atoms with van der Waals surface area (Å²) < 4.78 is 199. The Hall–Kier alpha value is -13.0. The molecule has 4 N–H and O–H groups in total. The predicted molar refractivity (Wildman–Crippen MR) is 517 cm³/mol. The third-order valence-corrected chi connectivity index (χ3v) is 27.9. The van der Waals surface area contributed by atoms with E-state index in [1.165, 1.54) is 38.0 Å². The number of anilines is 4. The van der Waals surface area contributed by atoms with Crippen molar-refractivity contribution >= 4 is 128 Å². The molecule has 146 heavy (non-hydrogen) atoms. The van der Waals surface area contributed by atoms with Gasteiger partial charge in [-0.25, -0.2) is 107 Å². The molecule has 774 valence electrons. The van der Waals surface area contributed by atoms with Crippen LogP contribution in [0.2, 0.25) is 0 Å². The number of aromatic nitrogens is 16. The Morgan fingerprint density at radius 2 is 0.767 bits per heavy atom. The van der Waals surface area contributed by atoms with Crippen molar-refractivity contribution in [3.05, 3.63) is 227 Å². The van der Waals surface area contributed by atoms with Crippen LogP contribution in [-0.2, 0) is 85.1 Å². The van der Waals surface area contributed by atoms with Gasteiger partial charge in [0.25, 0.3) is 46.5 Å². The normalized spacial score (nSPS) is 20.6. The van der Waals surface area contributed by atoms with Gasteiger partial charge in [0, 0.05) is 57.4 Å². The number of sulfonamides is 2. The Morgan fingerprint density at radius 1 is 0.438 bits per heavy atom. The van der Waals surface area contributed by atoms with Gasteiger partial charge in [-0.05, 0) is 109 Å². The van der Waals surface area contributed by atoms with Crippen LogP contribution in [0.5, 0.6) is 0 Å². The standard InChI is InChI=1S/C45H51F2N12O11PS.C43H48N11O9P.C2H3F2N3O2S/c1-27(2)64-20-33-32(19-37(68-33)59-26-54-39-41(50-24-52-43(39)59)56-45(61)30-14-10-7-11-15-30)70-71(65-17-16-48-5,57-72(62,63)22-35(46)47)66-21-34-31(67-28(3)4)18-36(69-34)58-25-53-38-40(49-23-51-42(38)58)55-44(60)29-12-8-6-9-13-29;1-26(2)57-20-32-31(19-35(61-32)54-25-50-37-39(46-23-48-41(37)54)52-43(56)29-14-10-7-11-15-29)63-64(58-17-16-44-5)59-21-33-30(60-27(3)4)18-34(62-33)53-24-49-36-38(45-22-47-40(36)53)51-42(55)28-12-8-6-9-13-28;3-2(4)1-10(8,9)7-6-5/h6-15,23-28,31-37H,16-22H2,1-4H3,(H,49,51,55,60)(H,50,52,56,61);6-15,22-27,30-35H,16-21H2,1-4H3,(H,45,47,51,55)(H,46,48,52,56);2H,1H2/t31-,32-,33-,34-,36-,37-,71?;30-,31-,32-,33-,34-,35-,64?;/m11./s1. The second-order valence-corrected chi connectivity index (χ2v) is 40.3.